The Kier molecular flexibility index (Phi) is 34.2. The van der Waals surface area contributed by atoms with E-state index in [4.69, 9.17) is 31.2 Å². The molecule has 2 N–H and O–H groups in total. The minimum Gasteiger partial charge on any atom is -1.00 e. The van der Waals surface area contributed by atoms with Gasteiger partial charge < -0.3 is 31.9 Å². The Labute approximate surface area is 291 Å². The molecule has 0 bridgehead atoms. The van der Waals surface area contributed by atoms with E-state index in [0.29, 0.717) is 20.4 Å². The van der Waals surface area contributed by atoms with Crippen LogP contribution in [0.5, 0.6) is 0 Å². The van der Waals surface area contributed by atoms with Crippen LogP contribution in [-0.4, -0.2) is 60.1 Å². The van der Waals surface area contributed by atoms with Gasteiger partial charge in [-0.05, 0) is 32.4 Å². The molecule has 2 rings (SSSR count). The molecule has 2 atom stereocenters. The van der Waals surface area contributed by atoms with Gasteiger partial charge >= 0.3 is 37.0 Å². The van der Waals surface area contributed by atoms with Crippen molar-refractivity contribution in [2.75, 3.05) is 20.4 Å². The Morgan fingerprint density at radius 2 is 1.30 bits per heavy atom. The Hall–Kier alpha value is -1.30. The second-order valence-corrected chi connectivity index (χ2v) is 21.8. The van der Waals surface area contributed by atoms with E-state index in [1.165, 1.54) is 62.7 Å². The van der Waals surface area contributed by atoms with Crippen molar-refractivity contribution in [2.24, 2.45) is 11.3 Å². The first-order valence-electron chi connectivity index (χ1n) is 15.4. The summed E-state index contributed by atoms with van der Waals surface area (Å²) in [6.07, 6.45) is 9.51. The van der Waals surface area contributed by atoms with Gasteiger partial charge in [-0.3, -0.25) is 14.0 Å². The maximum absolute atomic E-state index is 11.8. The molecule has 0 aromatic heterocycles. The zero-order chi connectivity index (χ0) is 33.8. The van der Waals surface area contributed by atoms with E-state index in [-0.39, 0.29) is 72.7 Å². The van der Waals surface area contributed by atoms with Crippen LogP contribution >= 0.6 is 0 Å². The van der Waals surface area contributed by atoms with Crippen LogP contribution in [0.1, 0.15) is 80.0 Å². The molecule has 2 aliphatic heterocycles. The maximum Gasteiger partial charge on any atom is 1.00 e. The van der Waals surface area contributed by atoms with Crippen LogP contribution in [0.25, 0.3) is 0 Å². The summed E-state index contributed by atoms with van der Waals surface area (Å²) in [7, 11) is -2.07. The molecule has 0 saturated carbocycles. The van der Waals surface area contributed by atoms with Crippen molar-refractivity contribution in [3.63, 3.8) is 0 Å². The van der Waals surface area contributed by atoms with Gasteiger partial charge in [0.15, 0.2) is 0 Å². The number of halogens is 2. The Bertz CT molecular complexity index is 881. The van der Waals surface area contributed by atoms with Crippen molar-refractivity contribution in [2.45, 2.75) is 128 Å². The zero-order valence-corrected chi connectivity index (χ0v) is 31.7. The first-order chi connectivity index (χ1) is 20.5. The first-order valence-corrected chi connectivity index (χ1v) is 21.2. The number of carbonyl (C=O) groups excluding carboxylic acids is 4. The molecule has 2 unspecified atom stereocenters. The summed E-state index contributed by atoms with van der Waals surface area (Å²) in [6, 6.07) is 12.0. The van der Waals surface area contributed by atoms with Gasteiger partial charge in [0, 0.05) is 0 Å². The molecule has 0 spiro atoms. The van der Waals surface area contributed by atoms with E-state index < -0.39 is 21.6 Å². The minimum atomic E-state index is -1.33. The van der Waals surface area contributed by atoms with E-state index in [0.717, 1.165) is 18.5 Å². The van der Waals surface area contributed by atoms with Gasteiger partial charge in [-0.2, -0.15) is 20.1 Å². The molecular formula is C30H55BrFLiN2O7Si2. The summed E-state index contributed by atoms with van der Waals surface area (Å²) in [5, 5.41) is 18.8. The van der Waals surface area contributed by atoms with Crippen molar-refractivity contribution < 1.29 is 75.8 Å². The molecule has 14 heteroatoms. The summed E-state index contributed by atoms with van der Waals surface area (Å²) in [5.74, 6) is -0.546. The van der Waals surface area contributed by atoms with Crippen molar-refractivity contribution in [3.05, 3.63) is 0 Å². The minimum absolute atomic E-state index is 0. The third-order valence-electron chi connectivity index (χ3n) is 8.23. The largest absolute Gasteiger partial charge is 1.00 e. The average molecular weight is 719 g/mol. The van der Waals surface area contributed by atoms with Crippen LogP contribution in [0.4, 0.5) is 4.39 Å². The summed E-state index contributed by atoms with van der Waals surface area (Å²) in [5.41, 5.74) is 5.77. The molecule has 0 aromatic rings. The van der Waals surface area contributed by atoms with E-state index in [9.17, 15) is 19.2 Å². The van der Waals surface area contributed by atoms with Crippen LogP contribution < -0.4 is 35.8 Å². The van der Waals surface area contributed by atoms with Gasteiger partial charge in [0.2, 0.25) is 1.43 Å². The fourth-order valence-electron chi connectivity index (χ4n) is 6.15. The molecule has 0 aliphatic carbocycles. The predicted octanol–water partition coefficient (Wildman–Crippen LogP) is 0.649. The van der Waals surface area contributed by atoms with Crippen molar-refractivity contribution >= 4 is 34.2 Å². The van der Waals surface area contributed by atoms with Crippen LogP contribution in [0.3, 0.4) is 0 Å². The summed E-state index contributed by atoms with van der Waals surface area (Å²) >= 11 is 0. The smallest absolute Gasteiger partial charge is 1.00 e. The number of rotatable bonds is 11. The Morgan fingerprint density at radius 1 is 0.886 bits per heavy atom. The topological polar surface area (TPSA) is 166 Å². The quantitative estimate of drug-likeness (QED) is 0.222. The molecule has 2 heterocycles. The predicted molar refractivity (Wildman–Crippen MR) is 165 cm³/mol. The standard InChI is InChI=1S/C15H27NO2Si.C13H23NO2Si.CH3F.CO2.BrH.Li.H2O/c1-4-15(12-16,11-14(17)18-5-2)13-19(3)9-7-6-8-10-19;1-3-16-13(15)9-12(10-14)11-17(2)7-5-4-6-8-17;1-2;2-1-3;;;/h4-11,13H2,1-3H3;12H,3-9,11H2,1-2H3;1H3;;1H;;1H2/q;;;;;+1;/p-1/i/hD. The van der Waals surface area contributed by atoms with E-state index in [1.54, 1.807) is 6.92 Å². The van der Waals surface area contributed by atoms with Gasteiger partial charge in [-0.15, -0.1) is 0 Å². The van der Waals surface area contributed by atoms with E-state index >= 15 is 0 Å². The second-order valence-electron chi connectivity index (χ2n) is 11.8. The van der Waals surface area contributed by atoms with Crippen molar-refractivity contribution in [1.82, 2.24) is 0 Å². The number of carbonyl (C=O) groups is 2. The monoisotopic (exact) mass is 717 g/mol. The van der Waals surface area contributed by atoms with E-state index in [2.05, 4.69) is 25.2 Å². The Morgan fingerprint density at radius 3 is 1.66 bits per heavy atom. The van der Waals surface area contributed by atoms with Crippen LogP contribution in [0, 0.1) is 34.0 Å². The molecule has 9 nitrogen and oxygen atoms in total. The molecule has 0 aromatic carbocycles. The number of nitriles is 2. The average Bonchev–Trinajstić information content (AvgIpc) is 3.00. The van der Waals surface area contributed by atoms with E-state index in [1.807, 2.05) is 13.8 Å². The number of ether oxygens (including phenoxy) is 2. The molecule has 0 radical (unpaired) electrons. The fourth-order valence-corrected chi connectivity index (χ4v) is 15.3. The number of alkyl halides is 1. The SMILES string of the molecule is CCOC(=O)CC(C#N)(CC)C[Si]1(C)CCCCC1.CCOC(=O)CC(C#N)C[Si]1(C)CCCCC1.CF.O=C=O.[2H]O.[Br-].[Li+]. The van der Waals surface area contributed by atoms with Gasteiger partial charge in [0.05, 0.1) is 72.9 Å². The summed E-state index contributed by atoms with van der Waals surface area (Å²) in [6.45, 7) is 11.3. The molecule has 250 valence electrons. The molecule has 2 fully saturated rings. The number of nitrogens with zero attached hydrogens (tertiary/aromatic N) is 2. The first kappa shape index (κ1) is 49.6. The maximum atomic E-state index is 11.8. The van der Waals surface area contributed by atoms with Gasteiger partial charge in [0.25, 0.3) is 0 Å². The van der Waals surface area contributed by atoms with Gasteiger partial charge in [-0.25, -0.2) is 0 Å². The molecule has 2 saturated heterocycles. The van der Waals surface area contributed by atoms with Crippen LogP contribution in [0.15, 0.2) is 0 Å². The fraction of sp³-hybridized carbons (Fsp3) is 0.833. The zero-order valence-electron chi connectivity index (χ0n) is 29.1. The van der Waals surface area contributed by atoms with Gasteiger partial charge in [0.1, 0.15) is 0 Å². The molecular weight excluding hydrogens is 662 g/mol. The van der Waals surface area contributed by atoms with Crippen molar-refractivity contribution in [3.8, 4) is 12.1 Å². The molecule has 44 heavy (non-hydrogen) atoms. The number of esters is 2. The normalized spacial score (nSPS) is 17.5. The third-order valence-corrected chi connectivity index (χ3v) is 17.5. The second kappa shape index (κ2) is 30.4. The third kappa shape index (κ3) is 23.1. The van der Waals surface area contributed by atoms with Crippen LogP contribution in [-0.2, 0) is 28.7 Å². The molecule has 0 amide bonds. The van der Waals surface area contributed by atoms with Crippen LogP contribution in [0.2, 0.25) is 49.4 Å². The summed E-state index contributed by atoms with van der Waals surface area (Å²) in [4.78, 5) is 39.4. The van der Waals surface area contributed by atoms with Crippen molar-refractivity contribution in [1.29, 1.82) is 10.5 Å². The summed E-state index contributed by atoms with van der Waals surface area (Å²) < 4.78 is 24.2. The number of hydrogen-bond donors (Lipinski definition) is 0. The number of hydrogen-bond acceptors (Lipinski definition) is 8. The molecule has 2 aliphatic rings. The van der Waals surface area contributed by atoms with Gasteiger partial charge in [-0.1, -0.05) is 82.7 Å². The Balaban J connectivity index is -0.000000191.